The van der Waals surface area contributed by atoms with Crippen LogP contribution in [0, 0.1) is 10.1 Å². The smallest absolute Gasteiger partial charge is 0.303 e. The molecule has 0 bridgehead atoms. The molecule has 1 fully saturated rings. The first-order chi connectivity index (χ1) is 13.4. The van der Waals surface area contributed by atoms with Gasteiger partial charge in [-0.25, -0.2) is 0 Å². The van der Waals surface area contributed by atoms with Crippen molar-refractivity contribution in [3.63, 3.8) is 0 Å². The number of amides is 1. The molecule has 1 aliphatic rings. The van der Waals surface area contributed by atoms with Gasteiger partial charge in [0.05, 0.1) is 11.0 Å². The van der Waals surface area contributed by atoms with Gasteiger partial charge in [0.1, 0.15) is 5.69 Å². The van der Waals surface area contributed by atoms with Gasteiger partial charge in [0.15, 0.2) is 0 Å². The van der Waals surface area contributed by atoms with E-state index >= 15 is 0 Å². The number of carbonyl (C=O) groups is 2. The minimum absolute atomic E-state index is 0.107. The molecular weight excluding hydrogens is 362 g/mol. The van der Waals surface area contributed by atoms with E-state index in [2.05, 4.69) is 10.6 Å². The van der Waals surface area contributed by atoms with Gasteiger partial charge < -0.3 is 15.7 Å². The van der Waals surface area contributed by atoms with Crippen molar-refractivity contribution in [2.24, 2.45) is 0 Å². The molecule has 3 N–H and O–H groups in total. The molecule has 1 atom stereocenters. The van der Waals surface area contributed by atoms with Gasteiger partial charge in [-0.2, -0.15) is 0 Å². The summed E-state index contributed by atoms with van der Waals surface area (Å²) >= 11 is 0. The van der Waals surface area contributed by atoms with Crippen molar-refractivity contribution in [1.82, 2.24) is 5.32 Å². The SMILES string of the molecule is O=C(O)CCC(NC(=O)c1ccc(NC2CC2)c([N+](=O)[O-])c1)c1ccccc1. The predicted octanol–water partition coefficient (Wildman–Crippen LogP) is 3.51. The van der Waals surface area contributed by atoms with Crippen LogP contribution in [0.3, 0.4) is 0 Å². The standard InChI is InChI=1S/C20H21N3O5/c24-19(25)11-10-16(13-4-2-1-3-5-13)22-20(26)14-6-9-17(21-15-7-8-15)18(12-14)23(27)28/h1-6,9,12,15-16,21H,7-8,10-11H2,(H,22,26)(H,24,25). The number of nitrogens with one attached hydrogen (secondary N) is 2. The van der Waals surface area contributed by atoms with Crippen LogP contribution in [0.15, 0.2) is 48.5 Å². The molecule has 0 radical (unpaired) electrons. The maximum Gasteiger partial charge on any atom is 0.303 e. The van der Waals surface area contributed by atoms with Crippen molar-refractivity contribution >= 4 is 23.3 Å². The van der Waals surface area contributed by atoms with E-state index in [0.717, 1.165) is 18.4 Å². The zero-order valence-corrected chi connectivity index (χ0v) is 15.1. The number of carbonyl (C=O) groups excluding carboxylic acids is 1. The summed E-state index contributed by atoms with van der Waals surface area (Å²) in [5, 5.41) is 26.3. The lowest BCUT2D eigenvalue weighted by atomic mass is 10.0. The van der Waals surface area contributed by atoms with Crippen LogP contribution in [-0.2, 0) is 4.79 Å². The molecule has 0 heterocycles. The zero-order chi connectivity index (χ0) is 20.1. The lowest BCUT2D eigenvalue weighted by Crippen LogP contribution is -2.29. The maximum atomic E-state index is 12.7. The van der Waals surface area contributed by atoms with E-state index in [1.807, 2.05) is 6.07 Å². The zero-order valence-electron chi connectivity index (χ0n) is 15.1. The Labute approximate surface area is 161 Å². The summed E-state index contributed by atoms with van der Waals surface area (Å²) in [4.78, 5) is 34.5. The second kappa shape index (κ2) is 8.51. The number of carboxylic acid groups (broad SMARTS) is 1. The lowest BCUT2D eigenvalue weighted by molar-refractivity contribution is -0.384. The van der Waals surface area contributed by atoms with E-state index < -0.39 is 22.8 Å². The first kappa shape index (κ1) is 19.3. The number of nitro groups is 1. The number of rotatable bonds is 9. The van der Waals surface area contributed by atoms with Crippen LogP contribution >= 0.6 is 0 Å². The topological polar surface area (TPSA) is 122 Å². The molecule has 8 nitrogen and oxygen atoms in total. The van der Waals surface area contributed by atoms with Crippen molar-refractivity contribution in [3.05, 3.63) is 69.8 Å². The molecule has 0 spiro atoms. The van der Waals surface area contributed by atoms with E-state index in [-0.39, 0.29) is 30.1 Å². The number of benzene rings is 2. The summed E-state index contributed by atoms with van der Waals surface area (Å²) in [5.41, 5.74) is 1.18. The Kier molecular flexibility index (Phi) is 5.88. The quantitative estimate of drug-likeness (QED) is 0.450. The summed E-state index contributed by atoms with van der Waals surface area (Å²) in [6, 6.07) is 13.1. The van der Waals surface area contributed by atoms with Crippen molar-refractivity contribution < 1.29 is 19.6 Å². The highest BCUT2D eigenvalue weighted by Crippen LogP contribution is 2.31. The first-order valence-electron chi connectivity index (χ1n) is 9.06. The van der Waals surface area contributed by atoms with Crippen molar-refractivity contribution in [2.75, 3.05) is 5.32 Å². The van der Waals surface area contributed by atoms with Crippen LogP contribution in [-0.4, -0.2) is 27.9 Å². The number of nitrogens with zero attached hydrogens (tertiary/aromatic N) is 1. The lowest BCUT2D eigenvalue weighted by Gasteiger charge is -2.19. The highest BCUT2D eigenvalue weighted by Gasteiger charge is 2.26. The van der Waals surface area contributed by atoms with Crippen LogP contribution in [0.1, 0.15) is 47.6 Å². The van der Waals surface area contributed by atoms with Crippen molar-refractivity contribution in [1.29, 1.82) is 0 Å². The summed E-state index contributed by atoms with van der Waals surface area (Å²) in [5.74, 6) is -1.44. The number of aliphatic carboxylic acids is 1. The molecule has 3 rings (SSSR count). The van der Waals surface area contributed by atoms with Gasteiger partial charge in [-0.05, 0) is 37.0 Å². The first-order valence-corrected chi connectivity index (χ1v) is 9.06. The van der Waals surface area contributed by atoms with Crippen LogP contribution in [0.5, 0.6) is 0 Å². The Hall–Kier alpha value is -3.42. The van der Waals surface area contributed by atoms with Crippen LogP contribution < -0.4 is 10.6 Å². The van der Waals surface area contributed by atoms with Gasteiger partial charge in [0.2, 0.25) is 0 Å². The summed E-state index contributed by atoms with van der Waals surface area (Å²) in [6.07, 6.45) is 2.06. The minimum atomic E-state index is -0.957. The number of anilines is 1. The Balaban J connectivity index is 1.79. The molecule has 1 saturated carbocycles. The predicted molar refractivity (Wildman–Crippen MR) is 103 cm³/mol. The van der Waals surface area contributed by atoms with E-state index in [4.69, 9.17) is 5.11 Å². The Morgan fingerprint density at radius 2 is 1.89 bits per heavy atom. The molecular formula is C20H21N3O5. The number of hydrogen-bond acceptors (Lipinski definition) is 5. The second-order valence-electron chi connectivity index (χ2n) is 6.78. The van der Waals surface area contributed by atoms with Gasteiger partial charge in [0.25, 0.3) is 11.6 Å². The van der Waals surface area contributed by atoms with Gasteiger partial charge in [-0.15, -0.1) is 0 Å². The monoisotopic (exact) mass is 383 g/mol. The molecule has 1 amide bonds. The largest absolute Gasteiger partial charge is 0.481 e. The second-order valence-corrected chi connectivity index (χ2v) is 6.78. The van der Waals surface area contributed by atoms with Crippen molar-refractivity contribution in [3.8, 4) is 0 Å². The summed E-state index contributed by atoms with van der Waals surface area (Å²) in [7, 11) is 0. The van der Waals surface area contributed by atoms with Crippen LogP contribution in [0.2, 0.25) is 0 Å². The highest BCUT2D eigenvalue weighted by molar-refractivity contribution is 5.96. The van der Waals surface area contributed by atoms with Gasteiger partial charge in [-0.1, -0.05) is 30.3 Å². The molecule has 0 saturated heterocycles. The molecule has 2 aromatic rings. The van der Waals surface area contributed by atoms with E-state index in [1.165, 1.54) is 12.1 Å². The fourth-order valence-electron chi connectivity index (χ4n) is 2.91. The van der Waals surface area contributed by atoms with E-state index in [9.17, 15) is 19.7 Å². The molecule has 1 unspecified atom stereocenters. The third-order valence-corrected chi connectivity index (χ3v) is 4.55. The Morgan fingerprint density at radius 1 is 1.18 bits per heavy atom. The molecule has 0 aromatic heterocycles. The Morgan fingerprint density at radius 3 is 2.50 bits per heavy atom. The highest BCUT2D eigenvalue weighted by atomic mass is 16.6. The Bertz CT molecular complexity index is 881. The fraction of sp³-hybridized carbons (Fsp3) is 0.300. The normalized spacial score (nSPS) is 14.1. The van der Waals surface area contributed by atoms with Crippen molar-refractivity contribution in [2.45, 2.75) is 37.8 Å². The van der Waals surface area contributed by atoms with Gasteiger partial charge in [-0.3, -0.25) is 19.7 Å². The summed E-state index contributed by atoms with van der Waals surface area (Å²) < 4.78 is 0. The average Bonchev–Trinajstić information content (AvgIpc) is 3.49. The number of carboxylic acids is 1. The molecule has 8 heteroatoms. The molecule has 146 valence electrons. The number of nitro benzene ring substituents is 1. The molecule has 2 aromatic carbocycles. The van der Waals surface area contributed by atoms with Gasteiger partial charge in [0, 0.05) is 24.1 Å². The summed E-state index contributed by atoms with van der Waals surface area (Å²) in [6.45, 7) is 0. The van der Waals surface area contributed by atoms with E-state index in [0.29, 0.717) is 5.69 Å². The average molecular weight is 383 g/mol. The number of hydrogen-bond donors (Lipinski definition) is 3. The maximum absolute atomic E-state index is 12.7. The third-order valence-electron chi connectivity index (χ3n) is 4.55. The fourth-order valence-corrected chi connectivity index (χ4v) is 2.91. The minimum Gasteiger partial charge on any atom is -0.481 e. The molecule has 1 aliphatic carbocycles. The molecule has 0 aliphatic heterocycles. The third kappa shape index (κ3) is 5.06. The van der Waals surface area contributed by atoms with Crippen LogP contribution in [0.4, 0.5) is 11.4 Å². The van der Waals surface area contributed by atoms with Crippen LogP contribution in [0.25, 0.3) is 0 Å². The molecule has 28 heavy (non-hydrogen) atoms. The van der Waals surface area contributed by atoms with E-state index in [1.54, 1.807) is 30.3 Å². The van der Waals surface area contributed by atoms with Gasteiger partial charge >= 0.3 is 5.97 Å².